The van der Waals surface area contributed by atoms with Crippen molar-refractivity contribution in [2.75, 3.05) is 0 Å². The van der Waals surface area contributed by atoms with Crippen molar-refractivity contribution in [3.05, 3.63) is 71.3 Å². The Morgan fingerprint density at radius 1 is 1.06 bits per heavy atom. The van der Waals surface area contributed by atoms with Gasteiger partial charge in [-0.2, -0.15) is 0 Å². The lowest BCUT2D eigenvalue weighted by Gasteiger charge is -2.37. The second kappa shape index (κ2) is 9.20. The molecule has 0 saturated heterocycles. The monoisotopic (exact) mass is 424 g/mol. The minimum absolute atomic E-state index is 0.174. The van der Waals surface area contributed by atoms with Gasteiger partial charge >= 0.3 is 12.1 Å². The number of hydrogen-bond acceptors (Lipinski definition) is 4. The van der Waals surface area contributed by atoms with Gasteiger partial charge in [-0.15, -0.1) is 0 Å². The lowest BCUT2D eigenvalue weighted by Crippen LogP contribution is -2.56. The molecule has 0 radical (unpaired) electrons. The predicted octanol–water partition coefficient (Wildman–Crippen LogP) is 3.16. The number of fused-ring (bicyclic) bond motifs is 1. The molecule has 3 rings (SSSR count). The van der Waals surface area contributed by atoms with Crippen LogP contribution in [0.1, 0.15) is 37.5 Å². The summed E-state index contributed by atoms with van der Waals surface area (Å²) < 4.78 is 5.34. The minimum atomic E-state index is -1.07. The number of benzene rings is 2. The number of nitrogens with zero attached hydrogens (tertiary/aromatic N) is 1. The fourth-order valence-corrected chi connectivity index (χ4v) is 3.68. The summed E-state index contributed by atoms with van der Waals surface area (Å²) in [5, 5.41) is 12.4. The first-order valence-corrected chi connectivity index (χ1v) is 10.3. The van der Waals surface area contributed by atoms with E-state index in [0.717, 1.165) is 16.7 Å². The minimum Gasteiger partial charge on any atom is -0.480 e. The van der Waals surface area contributed by atoms with E-state index in [1.807, 2.05) is 54.6 Å². The Morgan fingerprint density at radius 3 is 2.29 bits per heavy atom. The van der Waals surface area contributed by atoms with E-state index in [1.165, 1.54) is 4.90 Å². The van der Waals surface area contributed by atoms with Crippen LogP contribution in [-0.2, 0) is 33.7 Å². The molecule has 0 fully saturated rings. The zero-order chi connectivity index (χ0) is 22.6. The molecular weight excluding hydrogens is 396 g/mol. The highest BCUT2D eigenvalue weighted by Gasteiger charge is 2.38. The lowest BCUT2D eigenvalue weighted by atomic mass is 9.92. The number of carbonyl (C=O) groups excluding carboxylic acids is 2. The SMILES string of the molecule is CC(C)(C)OC(=O)NC(Cc1ccccc1)C(=O)N1Cc2ccccc2C[C@H]1C(=O)O. The van der Waals surface area contributed by atoms with Crippen molar-refractivity contribution >= 4 is 18.0 Å². The van der Waals surface area contributed by atoms with Gasteiger partial charge < -0.3 is 20.1 Å². The van der Waals surface area contributed by atoms with Crippen molar-refractivity contribution in [1.29, 1.82) is 0 Å². The zero-order valence-electron chi connectivity index (χ0n) is 18.0. The molecule has 31 heavy (non-hydrogen) atoms. The van der Waals surface area contributed by atoms with Gasteiger partial charge in [-0.25, -0.2) is 9.59 Å². The van der Waals surface area contributed by atoms with Gasteiger partial charge in [0.25, 0.3) is 0 Å². The largest absolute Gasteiger partial charge is 0.480 e. The smallest absolute Gasteiger partial charge is 0.408 e. The van der Waals surface area contributed by atoms with Crippen LogP contribution in [0.4, 0.5) is 4.79 Å². The van der Waals surface area contributed by atoms with Crippen LogP contribution in [0, 0.1) is 0 Å². The number of aliphatic carboxylic acids is 1. The van der Waals surface area contributed by atoms with Crippen LogP contribution >= 0.6 is 0 Å². The Labute approximate surface area is 182 Å². The highest BCUT2D eigenvalue weighted by molar-refractivity contribution is 5.90. The van der Waals surface area contributed by atoms with E-state index in [-0.39, 0.29) is 19.4 Å². The number of alkyl carbamates (subject to hydrolysis) is 1. The van der Waals surface area contributed by atoms with Crippen LogP contribution in [0.25, 0.3) is 0 Å². The number of nitrogens with one attached hydrogen (secondary N) is 1. The first-order chi connectivity index (χ1) is 14.6. The Hall–Kier alpha value is -3.35. The fourth-order valence-electron chi connectivity index (χ4n) is 3.68. The number of carbonyl (C=O) groups is 3. The van der Waals surface area contributed by atoms with Crippen LogP contribution in [0.3, 0.4) is 0 Å². The van der Waals surface area contributed by atoms with Gasteiger partial charge in [-0.3, -0.25) is 4.79 Å². The summed E-state index contributed by atoms with van der Waals surface area (Å²) in [6.07, 6.45) is -0.267. The van der Waals surface area contributed by atoms with Crippen LogP contribution < -0.4 is 5.32 Å². The summed E-state index contributed by atoms with van der Waals surface area (Å²) in [4.78, 5) is 39.3. The molecule has 0 spiro atoms. The molecule has 164 valence electrons. The summed E-state index contributed by atoms with van der Waals surface area (Å²) in [5.41, 5.74) is 1.95. The summed E-state index contributed by atoms with van der Waals surface area (Å²) in [6.45, 7) is 5.39. The predicted molar refractivity (Wildman–Crippen MR) is 115 cm³/mol. The van der Waals surface area contributed by atoms with E-state index in [2.05, 4.69) is 5.32 Å². The summed E-state index contributed by atoms with van der Waals surface area (Å²) in [5.74, 6) is -1.52. The van der Waals surface area contributed by atoms with E-state index >= 15 is 0 Å². The maximum absolute atomic E-state index is 13.5. The van der Waals surface area contributed by atoms with Gasteiger partial charge in [-0.05, 0) is 37.5 Å². The van der Waals surface area contributed by atoms with Crippen molar-refractivity contribution in [3.63, 3.8) is 0 Å². The number of amides is 2. The van der Waals surface area contributed by atoms with E-state index in [9.17, 15) is 19.5 Å². The Balaban J connectivity index is 1.88. The fraction of sp³-hybridized carbons (Fsp3) is 0.375. The molecule has 1 aliphatic heterocycles. The van der Waals surface area contributed by atoms with Crippen LogP contribution in [0.5, 0.6) is 0 Å². The molecule has 2 N–H and O–H groups in total. The van der Waals surface area contributed by atoms with Gasteiger partial charge in [0.1, 0.15) is 17.7 Å². The average molecular weight is 424 g/mol. The standard InChI is InChI=1S/C24H28N2O5/c1-24(2,3)31-23(30)25-19(13-16-9-5-4-6-10-16)21(27)26-15-18-12-8-7-11-17(18)14-20(26)22(28)29/h4-12,19-20H,13-15H2,1-3H3,(H,25,30)(H,28,29)/t19?,20-/m0/s1. The molecule has 0 aromatic heterocycles. The van der Waals surface area contributed by atoms with E-state index in [4.69, 9.17) is 4.74 Å². The molecule has 1 aliphatic rings. The second-order valence-corrected chi connectivity index (χ2v) is 8.68. The maximum atomic E-state index is 13.5. The zero-order valence-corrected chi connectivity index (χ0v) is 18.0. The van der Waals surface area contributed by atoms with E-state index in [1.54, 1.807) is 20.8 Å². The maximum Gasteiger partial charge on any atom is 0.408 e. The third-order valence-electron chi connectivity index (χ3n) is 5.09. The first-order valence-electron chi connectivity index (χ1n) is 10.3. The summed E-state index contributed by atoms with van der Waals surface area (Å²) in [7, 11) is 0. The highest BCUT2D eigenvalue weighted by atomic mass is 16.6. The third kappa shape index (κ3) is 5.84. The topological polar surface area (TPSA) is 95.9 Å². The molecule has 2 aromatic carbocycles. The molecule has 2 atom stereocenters. The molecule has 7 nitrogen and oxygen atoms in total. The summed E-state index contributed by atoms with van der Waals surface area (Å²) >= 11 is 0. The molecule has 7 heteroatoms. The Morgan fingerprint density at radius 2 is 1.68 bits per heavy atom. The highest BCUT2D eigenvalue weighted by Crippen LogP contribution is 2.25. The number of carboxylic acids is 1. The van der Waals surface area contributed by atoms with Gasteiger partial charge in [0.2, 0.25) is 5.91 Å². The van der Waals surface area contributed by atoms with Crippen LogP contribution in [0.2, 0.25) is 0 Å². The molecule has 0 saturated carbocycles. The quantitative estimate of drug-likeness (QED) is 0.769. The average Bonchev–Trinajstić information content (AvgIpc) is 2.71. The third-order valence-corrected chi connectivity index (χ3v) is 5.09. The molecule has 2 aromatic rings. The second-order valence-electron chi connectivity index (χ2n) is 8.68. The van der Waals surface area contributed by atoms with Gasteiger partial charge in [0.05, 0.1) is 0 Å². The summed E-state index contributed by atoms with van der Waals surface area (Å²) in [6, 6.07) is 14.8. The molecule has 1 unspecified atom stereocenters. The van der Waals surface area contributed by atoms with Crippen molar-refractivity contribution in [2.45, 2.75) is 57.8 Å². The molecule has 1 heterocycles. The number of carboxylic acid groups (broad SMARTS) is 1. The molecule has 2 amide bonds. The molecule has 0 aliphatic carbocycles. The Bertz CT molecular complexity index is 952. The van der Waals surface area contributed by atoms with Crippen molar-refractivity contribution in [3.8, 4) is 0 Å². The van der Waals surface area contributed by atoms with E-state index < -0.39 is 35.7 Å². The number of hydrogen-bond donors (Lipinski definition) is 2. The van der Waals surface area contributed by atoms with Gasteiger partial charge in [0, 0.05) is 19.4 Å². The van der Waals surface area contributed by atoms with Crippen LogP contribution in [0.15, 0.2) is 54.6 Å². The lowest BCUT2D eigenvalue weighted by molar-refractivity contribution is -0.152. The van der Waals surface area contributed by atoms with E-state index in [0.29, 0.717) is 0 Å². The molecular formula is C24H28N2O5. The number of ether oxygens (including phenoxy) is 1. The normalized spacial score (nSPS) is 16.7. The van der Waals surface area contributed by atoms with Crippen molar-refractivity contribution in [1.82, 2.24) is 10.2 Å². The van der Waals surface area contributed by atoms with Gasteiger partial charge in [-0.1, -0.05) is 54.6 Å². The van der Waals surface area contributed by atoms with Crippen molar-refractivity contribution < 1.29 is 24.2 Å². The Kier molecular flexibility index (Phi) is 6.63. The van der Waals surface area contributed by atoms with Gasteiger partial charge in [0.15, 0.2) is 0 Å². The van der Waals surface area contributed by atoms with Crippen LogP contribution in [-0.4, -0.2) is 45.7 Å². The first kappa shape index (κ1) is 22.3. The number of rotatable bonds is 5. The van der Waals surface area contributed by atoms with Crippen molar-refractivity contribution in [2.24, 2.45) is 0 Å². The molecule has 0 bridgehead atoms.